The molecule has 126 valence electrons. The number of ether oxygens (including phenoxy) is 2. The van der Waals surface area contributed by atoms with Crippen LogP contribution in [-0.2, 0) is 4.79 Å². The van der Waals surface area contributed by atoms with Crippen LogP contribution in [0.4, 0.5) is 0 Å². The summed E-state index contributed by atoms with van der Waals surface area (Å²) in [7, 11) is 1.52. The first-order valence-electron chi connectivity index (χ1n) is 6.73. The summed E-state index contributed by atoms with van der Waals surface area (Å²) in [6, 6.07) is 10.7. The summed E-state index contributed by atoms with van der Waals surface area (Å²) in [6.07, 6.45) is 1.47. The number of hydrogen-bond donors (Lipinski definition) is 1. The molecule has 1 amide bonds. The van der Waals surface area contributed by atoms with E-state index in [1.807, 2.05) is 12.1 Å². The van der Waals surface area contributed by atoms with E-state index in [1.165, 1.54) is 13.3 Å². The molecule has 0 atom stereocenters. The van der Waals surface area contributed by atoms with E-state index in [9.17, 15) is 4.79 Å². The lowest BCUT2D eigenvalue weighted by molar-refractivity contribution is -0.123. The van der Waals surface area contributed by atoms with Crippen molar-refractivity contribution in [3.05, 3.63) is 55.9 Å². The second-order valence-electron chi connectivity index (χ2n) is 4.52. The van der Waals surface area contributed by atoms with Crippen LogP contribution >= 0.6 is 43.5 Å². The van der Waals surface area contributed by atoms with Crippen molar-refractivity contribution in [1.29, 1.82) is 0 Å². The van der Waals surface area contributed by atoms with Gasteiger partial charge in [-0.25, -0.2) is 5.43 Å². The molecule has 0 saturated heterocycles. The van der Waals surface area contributed by atoms with E-state index in [2.05, 4.69) is 42.4 Å². The molecule has 0 aliphatic rings. The number of halogens is 3. The number of amides is 1. The highest BCUT2D eigenvalue weighted by molar-refractivity contribution is 9.11. The predicted octanol–water partition coefficient (Wildman–Crippen LogP) is 4.40. The Hall–Kier alpha value is -1.57. The highest BCUT2D eigenvalue weighted by Gasteiger charge is 2.12. The van der Waals surface area contributed by atoms with Crippen molar-refractivity contribution >= 4 is 55.6 Å². The second kappa shape index (κ2) is 9.05. The normalized spacial score (nSPS) is 10.7. The number of carbonyl (C=O) groups is 1. The van der Waals surface area contributed by atoms with E-state index in [0.29, 0.717) is 26.6 Å². The van der Waals surface area contributed by atoms with Crippen LogP contribution in [0.1, 0.15) is 5.56 Å². The van der Waals surface area contributed by atoms with Crippen molar-refractivity contribution in [1.82, 2.24) is 5.43 Å². The number of nitrogens with one attached hydrogen (secondary N) is 1. The van der Waals surface area contributed by atoms with E-state index in [1.54, 1.807) is 24.3 Å². The van der Waals surface area contributed by atoms with Gasteiger partial charge < -0.3 is 9.47 Å². The Morgan fingerprint density at radius 1 is 1.33 bits per heavy atom. The first-order valence-corrected chi connectivity index (χ1v) is 8.70. The number of benzene rings is 2. The monoisotopic (exact) mass is 474 g/mol. The van der Waals surface area contributed by atoms with E-state index >= 15 is 0 Å². The minimum absolute atomic E-state index is 0.212. The van der Waals surface area contributed by atoms with E-state index < -0.39 is 5.91 Å². The minimum atomic E-state index is -0.407. The molecule has 0 spiro atoms. The lowest BCUT2D eigenvalue weighted by Gasteiger charge is -2.12. The standard InChI is InChI=1S/C16H13Br2ClN2O3/c1-23-14-7-11(17)6-12(18)16(14)24-9-15(22)21-20-8-10-4-2-3-5-13(10)19/h2-8H,9H2,1H3,(H,21,22)/b20-8-. The van der Waals surface area contributed by atoms with Crippen molar-refractivity contribution in [3.63, 3.8) is 0 Å². The Morgan fingerprint density at radius 3 is 2.79 bits per heavy atom. The molecule has 0 bridgehead atoms. The molecule has 0 saturated carbocycles. The quantitative estimate of drug-likeness (QED) is 0.497. The molecule has 8 heteroatoms. The van der Waals surface area contributed by atoms with Crippen LogP contribution in [0.3, 0.4) is 0 Å². The van der Waals surface area contributed by atoms with Crippen molar-refractivity contribution in [2.45, 2.75) is 0 Å². The van der Waals surface area contributed by atoms with Gasteiger partial charge in [-0.1, -0.05) is 45.7 Å². The third-order valence-electron chi connectivity index (χ3n) is 2.84. The molecule has 1 N–H and O–H groups in total. The molecule has 5 nitrogen and oxygen atoms in total. The number of hydrazone groups is 1. The zero-order valence-electron chi connectivity index (χ0n) is 12.6. The van der Waals surface area contributed by atoms with Crippen LogP contribution < -0.4 is 14.9 Å². The fourth-order valence-corrected chi connectivity index (χ4v) is 3.24. The largest absolute Gasteiger partial charge is 0.493 e. The van der Waals surface area contributed by atoms with Crippen molar-refractivity contribution in [2.75, 3.05) is 13.7 Å². The summed E-state index contributed by atoms with van der Waals surface area (Å²) in [5, 5.41) is 4.41. The Bertz CT molecular complexity index is 769. The van der Waals surface area contributed by atoms with Crippen LogP contribution in [0, 0.1) is 0 Å². The molecule has 2 aromatic rings. The number of rotatable bonds is 6. The van der Waals surface area contributed by atoms with Crippen molar-refractivity contribution < 1.29 is 14.3 Å². The SMILES string of the molecule is COc1cc(Br)cc(Br)c1OCC(=O)N/N=C\c1ccccc1Cl. The van der Waals surface area contributed by atoms with Gasteiger partial charge in [0.2, 0.25) is 0 Å². The van der Waals surface area contributed by atoms with Gasteiger partial charge in [-0.3, -0.25) is 4.79 Å². The lowest BCUT2D eigenvalue weighted by Crippen LogP contribution is -2.24. The minimum Gasteiger partial charge on any atom is -0.493 e. The maximum absolute atomic E-state index is 11.8. The van der Waals surface area contributed by atoms with Crippen molar-refractivity contribution in [2.24, 2.45) is 5.10 Å². The van der Waals surface area contributed by atoms with Gasteiger partial charge in [0.1, 0.15) is 0 Å². The predicted molar refractivity (Wildman–Crippen MR) is 101 cm³/mol. The summed E-state index contributed by atoms with van der Waals surface area (Å²) in [6.45, 7) is -0.212. The second-order valence-corrected chi connectivity index (χ2v) is 6.70. The Kier molecular flexibility index (Phi) is 7.08. The van der Waals surface area contributed by atoms with Gasteiger partial charge in [0, 0.05) is 15.1 Å². The molecule has 0 heterocycles. The number of nitrogens with zero attached hydrogens (tertiary/aromatic N) is 1. The highest BCUT2D eigenvalue weighted by atomic mass is 79.9. The van der Waals surface area contributed by atoms with Crippen molar-refractivity contribution in [3.8, 4) is 11.5 Å². The fourth-order valence-electron chi connectivity index (χ4n) is 1.75. The first-order chi connectivity index (χ1) is 11.5. The third-order valence-corrected chi connectivity index (χ3v) is 4.23. The molecule has 2 aromatic carbocycles. The van der Waals surface area contributed by atoms with Gasteiger partial charge in [0.05, 0.1) is 17.8 Å². The summed E-state index contributed by atoms with van der Waals surface area (Å²) < 4.78 is 12.2. The molecule has 0 aliphatic carbocycles. The number of hydrogen-bond acceptors (Lipinski definition) is 4. The van der Waals surface area contributed by atoms with Gasteiger partial charge in [0.25, 0.3) is 5.91 Å². The van der Waals surface area contributed by atoms with Crippen LogP contribution in [0.15, 0.2) is 50.4 Å². The first kappa shape index (κ1) is 18.8. The van der Waals surface area contributed by atoms with Gasteiger partial charge in [-0.2, -0.15) is 5.10 Å². The summed E-state index contributed by atoms with van der Waals surface area (Å²) in [5.74, 6) is 0.532. The smallest absolute Gasteiger partial charge is 0.277 e. The molecule has 2 rings (SSSR count). The zero-order valence-corrected chi connectivity index (χ0v) is 16.5. The van der Waals surface area contributed by atoms with Crippen LogP contribution in [0.5, 0.6) is 11.5 Å². The van der Waals surface area contributed by atoms with E-state index in [4.69, 9.17) is 21.1 Å². The maximum Gasteiger partial charge on any atom is 0.277 e. The molecule has 0 radical (unpaired) electrons. The van der Waals surface area contributed by atoms with E-state index in [-0.39, 0.29) is 6.61 Å². The highest BCUT2D eigenvalue weighted by Crippen LogP contribution is 2.38. The molecule has 0 aliphatic heterocycles. The lowest BCUT2D eigenvalue weighted by atomic mass is 10.2. The molecular weight excluding hydrogens is 463 g/mol. The van der Waals surface area contributed by atoms with E-state index in [0.717, 1.165) is 4.47 Å². The van der Waals surface area contributed by atoms with Crippen LogP contribution in [0.2, 0.25) is 5.02 Å². The molecule has 0 aromatic heterocycles. The fraction of sp³-hybridized carbons (Fsp3) is 0.125. The van der Waals surface area contributed by atoms with Gasteiger partial charge >= 0.3 is 0 Å². The average Bonchev–Trinajstić information content (AvgIpc) is 2.55. The summed E-state index contributed by atoms with van der Waals surface area (Å²) in [5.41, 5.74) is 3.08. The van der Waals surface area contributed by atoms with Gasteiger partial charge in [-0.15, -0.1) is 0 Å². The Labute approximate surface area is 161 Å². The Balaban J connectivity index is 1.93. The zero-order chi connectivity index (χ0) is 17.5. The molecule has 24 heavy (non-hydrogen) atoms. The molecule has 0 unspecified atom stereocenters. The number of carbonyl (C=O) groups excluding carboxylic acids is 1. The number of methoxy groups -OCH3 is 1. The van der Waals surface area contributed by atoms with Crippen LogP contribution in [-0.4, -0.2) is 25.8 Å². The Morgan fingerprint density at radius 2 is 2.08 bits per heavy atom. The summed E-state index contributed by atoms with van der Waals surface area (Å²) >= 11 is 12.7. The van der Waals surface area contributed by atoms with Gasteiger partial charge in [0.15, 0.2) is 18.1 Å². The average molecular weight is 477 g/mol. The maximum atomic E-state index is 11.8. The van der Waals surface area contributed by atoms with Crippen LogP contribution in [0.25, 0.3) is 0 Å². The third kappa shape index (κ3) is 5.22. The molecular formula is C16H13Br2ClN2O3. The molecule has 0 fully saturated rings. The van der Waals surface area contributed by atoms with Gasteiger partial charge in [-0.05, 0) is 34.1 Å². The topological polar surface area (TPSA) is 59.9 Å². The summed E-state index contributed by atoms with van der Waals surface area (Å²) in [4.78, 5) is 11.8.